The van der Waals surface area contributed by atoms with Gasteiger partial charge < -0.3 is 57.6 Å². The number of aromatic nitrogens is 1. The molecule has 0 aliphatic rings. The molecule has 1 aromatic heterocycles. The molecule has 0 atom stereocenters. The quantitative estimate of drug-likeness (QED) is 0.0421. The molecule has 0 saturated heterocycles. The van der Waals surface area contributed by atoms with Gasteiger partial charge in [-0.2, -0.15) is 15.3 Å². The molecule has 0 amide bonds. The fraction of sp³-hybridized carbons (Fsp3) is 0.156. The fourth-order valence-corrected chi connectivity index (χ4v) is 8.28. The van der Waals surface area contributed by atoms with Crippen LogP contribution in [0.2, 0.25) is 0 Å². The van der Waals surface area contributed by atoms with Crippen molar-refractivity contribution in [2.45, 2.75) is 6.92 Å². The summed E-state index contributed by atoms with van der Waals surface area (Å²) in [6, 6.07) is 37.4. The van der Waals surface area contributed by atoms with Gasteiger partial charge in [0, 0.05) is 19.8 Å². The van der Waals surface area contributed by atoms with E-state index in [1.807, 2.05) is 36.4 Å². The Morgan fingerprint density at radius 3 is 1.73 bits per heavy atom. The molecular formula is C32H33BrCuN7OPS2. The number of hydrogen-bond acceptors (Lipinski definition) is 8. The number of halogens is 1. The van der Waals surface area contributed by atoms with Crippen molar-refractivity contribution < 1.29 is 38.8 Å². The second-order valence-electron chi connectivity index (χ2n) is 9.19. The Balaban J connectivity index is 0.00000353. The summed E-state index contributed by atoms with van der Waals surface area (Å²) in [7, 11) is -0.390. The molecule has 0 fully saturated rings. The number of amidine groups is 2. The zero-order chi connectivity index (χ0) is 30.3. The van der Waals surface area contributed by atoms with Crippen LogP contribution in [0.25, 0.3) is 0 Å². The van der Waals surface area contributed by atoms with E-state index in [1.54, 1.807) is 20.2 Å². The molecule has 0 spiro atoms. The Morgan fingerprint density at radius 2 is 1.24 bits per heavy atom. The van der Waals surface area contributed by atoms with Gasteiger partial charge in [0.2, 0.25) is 0 Å². The predicted molar refractivity (Wildman–Crippen MR) is 187 cm³/mol. The van der Waals surface area contributed by atoms with Crippen molar-refractivity contribution in [1.29, 1.82) is 0 Å². The molecule has 2 N–H and O–H groups in total. The number of nitrogens with one attached hydrogen (secondary N) is 2. The largest absolute Gasteiger partial charge is 2.00 e. The Morgan fingerprint density at radius 1 is 0.733 bits per heavy atom. The van der Waals surface area contributed by atoms with E-state index in [1.165, 1.54) is 15.9 Å². The number of pyridine rings is 1. The molecule has 1 heterocycles. The number of ether oxygens (including phenoxy) is 1. The Kier molecular flexibility index (Phi) is 17.0. The molecule has 4 aromatic rings. The van der Waals surface area contributed by atoms with E-state index in [0.717, 1.165) is 0 Å². The summed E-state index contributed by atoms with van der Waals surface area (Å²) in [4.78, 5) is 4.35. The summed E-state index contributed by atoms with van der Waals surface area (Å²) in [6.45, 7) is 2.68. The van der Waals surface area contributed by atoms with Crippen molar-refractivity contribution in [3.05, 3.63) is 121 Å². The third-order valence-electron chi connectivity index (χ3n) is 6.39. The van der Waals surface area contributed by atoms with Crippen molar-refractivity contribution in [1.82, 2.24) is 15.6 Å². The second kappa shape index (κ2) is 20.1. The number of hydrogen-bond donors (Lipinski definition) is 2. The van der Waals surface area contributed by atoms with Crippen LogP contribution in [0.5, 0.6) is 0 Å². The van der Waals surface area contributed by atoms with Gasteiger partial charge in [0.15, 0.2) is 6.35 Å². The molecule has 45 heavy (non-hydrogen) atoms. The zero-order valence-corrected chi connectivity index (χ0v) is 29.7. The third-order valence-corrected chi connectivity index (χ3v) is 11.0. The van der Waals surface area contributed by atoms with Crippen LogP contribution in [0.15, 0.2) is 136 Å². The minimum absolute atomic E-state index is 0. The van der Waals surface area contributed by atoms with Gasteiger partial charge >= 0.3 is 17.1 Å². The van der Waals surface area contributed by atoms with E-state index in [-0.39, 0.29) is 44.4 Å². The summed E-state index contributed by atoms with van der Waals surface area (Å²) in [5.74, 6) is 0. The number of benzene rings is 3. The minimum atomic E-state index is -2.07. The summed E-state index contributed by atoms with van der Waals surface area (Å²) in [5.41, 5.74) is 1.52. The van der Waals surface area contributed by atoms with E-state index in [9.17, 15) is 0 Å². The van der Waals surface area contributed by atoms with Gasteiger partial charge in [0.05, 0.1) is 18.0 Å². The topological polar surface area (TPSA) is 95.6 Å². The van der Waals surface area contributed by atoms with Crippen LogP contribution < -0.4 is 43.5 Å². The van der Waals surface area contributed by atoms with Gasteiger partial charge in [0.1, 0.15) is 28.9 Å². The van der Waals surface area contributed by atoms with Crippen molar-refractivity contribution in [2.75, 3.05) is 26.5 Å². The standard InChI is InChI=1S/C32H34N7OPS2.BrH.Cu/c1-25(30(37-38-31(42)33-2)29-20-12-13-21-34-29)36-39-32(43)35-22-23-40-24-41(26-14-6-3-7-15-26,27-16-8-4-9-17-27)28-18-10-5-11-19-28;;/h3-21H,22-24H2,1-2H3,(H3-,33,34,35,36,37,38,39,42,43);1H;/q;;+2/p-2. The fourth-order valence-electron chi connectivity index (χ4n) is 4.31. The average molecular weight is 770 g/mol. The minimum Gasteiger partial charge on any atom is -1.00 e. The van der Waals surface area contributed by atoms with E-state index < -0.39 is 7.26 Å². The van der Waals surface area contributed by atoms with Crippen molar-refractivity contribution in [3.8, 4) is 0 Å². The van der Waals surface area contributed by atoms with Gasteiger partial charge in [-0.3, -0.25) is 4.98 Å². The normalized spacial score (nSPS) is 12.5. The zero-order valence-electron chi connectivity index (χ0n) is 24.7. The monoisotopic (exact) mass is 768 g/mol. The smallest absolute Gasteiger partial charge is 1.00 e. The maximum absolute atomic E-state index is 6.39. The van der Waals surface area contributed by atoms with Crippen LogP contribution in [0, 0.1) is 0 Å². The predicted octanol–water partition coefficient (Wildman–Crippen LogP) is 0.746. The van der Waals surface area contributed by atoms with E-state index in [0.29, 0.717) is 36.6 Å². The first kappa shape index (κ1) is 38.1. The summed E-state index contributed by atoms with van der Waals surface area (Å²) >= 11 is 10.5. The second-order valence-corrected chi connectivity index (χ2v) is 13.4. The molecule has 0 bridgehead atoms. The first-order chi connectivity index (χ1) is 21.0. The van der Waals surface area contributed by atoms with Gasteiger partial charge in [-0.25, -0.2) is 0 Å². The Hall–Kier alpha value is -3.08. The Bertz CT molecular complexity index is 1470. The van der Waals surface area contributed by atoms with Crippen LogP contribution in [0.3, 0.4) is 0 Å². The molecule has 8 nitrogen and oxygen atoms in total. The number of nitrogens with zero attached hydrogens (tertiary/aromatic N) is 5. The first-order valence-electron chi connectivity index (χ1n) is 13.6. The molecular weight excluding hydrogens is 737 g/mol. The molecule has 0 aliphatic heterocycles. The van der Waals surface area contributed by atoms with Crippen LogP contribution in [-0.2, 0) is 47.1 Å². The average Bonchev–Trinajstić information content (AvgIpc) is 3.07. The van der Waals surface area contributed by atoms with Gasteiger partial charge in [0.25, 0.3) is 0 Å². The molecule has 0 saturated carbocycles. The molecule has 13 heteroatoms. The Labute approximate surface area is 297 Å². The maximum Gasteiger partial charge on any atom is 2.00 e. The van der Waals surface area contributed by atoms with Crippen molar-refractivity contribution >= 4 is 70.2 Å². The molecule has 4 rings (SSSR count). The summed E-state index contributed by atoms with van der Waals surface area (Å²) in [6.07, 6.45) is 2.22. The SMILES string of the molecule is CNC([S-])=NN=C(C(C)=NN=C([S-])NCCOC[P+](c1ccccc1)(c1ccccc1)c1ccccc1)c1ccccn1.[Br-].[Cu+2]. The third kappa shape index (κ3) is 10.8. The first-order valence-corrected chi connectivity index (χ1v) is 16.4. The van der Waals surface area contributed by atoms with Gasteiger partial charge in [-0.1, -0.05) is 60.7 Å². The molecule has 0 aliphatic carbocycles. The van der Waals surface area contributed by atoms with E-state index >= 15 is 0 Å². The molecule has 3 aromatic carbocycles. The van der Waals surface area contributed by atoms with Gasteiger partial charge in [-0.05, 0) is 65.8 Å². The van der Waals surface area contributed by atoms with Crippen LogP contribution in [0.1, 0.15) is 12.6 Å². The van der Waals surface area contributed by atoms with Crippen molar-refractivity contribution in [2.24, 2.45) is 20.4 Å². The van der Waals surface area contributed by atoms with E-state index in [2.05, 4.69) is 109 Å². The van der Waals surface area contributed by atoms with Crippen molar-refractivity contribution in [3.63, 3.8) is 0 Å². The maximum atomic E-state index is 6.39. The molecule has 0 unspecified atom stereocenters. The van der Waals surface area contributed by atoms with Crippen LogP contribution in [0.4, 0.5) is 0 Å². The van der Waals surface area contributed by atoms with Crippen LogP contribution >= 0.6 is 7.26 Å². The molecule has 237 valence electrons. The van der Waals surface area contributed by atoms with Crippen LogP contribution in [-0.4, -0.2) is 53.3 Å². The van der Waals surface area contributed by atoms with E-state index in [4.69, 9.17) is 30.0 Å². The summed E-state index contributed by atoms with van der Waals surface area (Å²) < 4.78 is 6.39. The van der Waals surface area contributed by atoms with Gasteiger partial charge in [-0.15, -0.1) is 5.10 Å². The molecule has 1 radical (unpaired) electrons. The number of rotatable bonds is 12. The summed E-state index contributed by atoms with van der Waals surface area (Å²) in [5, 5.41) is 26.8.